The minimum atomic E-state index is -3.14. The smallest absolute Gasteiger partial charge is 0.173 e. The molecule has 92 valence electrons. The van der Waals surface area contributed by atoms with Gasteiger partial charge < -0.3 is 11.1 Å². The van der Waals surface area contributed by atoms with Gasteiger partial charge in [-0.15, -0.1) is 0 Å². The van der Waals surface area contributed by atoms with Gasteiger partial charge in [0.2, 0.25) is 0 Å². The molecule has 17 heavy (non-hydrogen) atoms. The van der Waals surface area contributed by atoms with Crippen LogP contribution in [0.15, 0.2) is 23.6 Å². The van der Waals surface area contributed by atoms with Crippen LogP contribution in [-0.2, 0) is 9.84 Å². The van der Waals surface area contributed by atoms with Gasteiger partial charge in [-0.1, -0.05) is 17.7 Å². The molecular formula is C10H10ClFN2O2S. The number of rotatable bonds is 2. The van der Waals surface area contributed by atoms with Crippen LogP contribution in [-0.4, -0.2) is 20.2 Å². The van der Waals surface area contributed by atoms with E-state index in [9.17, 15) is 12.8 Å². The average molecular weight is 277 g/mol. The van der Waals surface area contributed by atoms with Crippen LogP contribution in [0.5, 0.6) is 0 Å². The topological polar surface area (TPSA) is 72.2 Å². The van der Waals surface area contributed by atoms with E-state index in [1.807, 2.05) is 0 Å². The lowest BCUT2D eigenvalue weighted by Crippen LogP contribution is -2.21. The normalized spacial score (nSPS) is 21.6. The van der Waals surface area contributed by atoms with E-state index in [1.165, 1.54) is 12.1 Å². The summed E-state index contributed by atoms with van der Waals surface area (Å²) in [5.41, 5.74) is 6.21. The number of nitrogens with two attached hydrogens (primary N) is 1. The molecule has 4 nitrogen and oxygen atoms in total. The van der Waals surface area contributed by atoms with E-state index in [1.54, 1.807) is 0 Å². The van der Waals surface area contributed by atoms with E-state index in [0.717, 1.165) is 11.5 Å². The Hall–Kier alpha value is -1.27. The summed E-state index contributed by atoms with van der Waals surface area (Å²) in [4.78, 5) is 0. The van der Waals surface area contributed by atoms with Crippen LogP contribution in [0.4, 0.5) is 15.8 Å². The average Bonchev–Trinajstić information content (AvgIpc) is 2.54. The molecule has 1 aromatic carbocycles. The van der Waals surface area contributed by atoms with E-state index in [-0.39, 0.29) is 22.5 Å². The summed E-state index contributed by atoms with van der Waals surface area (Å²) in [6, 6.07) is 2.06. The van der Waals surface area contributed by atoms with E-state index in [0.29, 0.717) is 5.69 Å². The minimum absolute atomic E-state index is 0.0402. The first-order valence-electron chi connectivity index (χ1n) is 4.79. The Morgan fingerprint density at radius 3 is 2.76 bits per heavy atom. The van der Waals surface area contributed by atoms with Crippen LogP contribution >= 0.6 is 11.6 Å². The van der Waals surface area contributed by atoms with Crippen molar-refractivity contribution in [3.8, 4) is 0 Å². The van der Waals surface area contributed by atoms with Gasteiger partial charge >= 0.3 is 0 Å². The number of benzene rings is 1. The summed E-state index contributed by atoms with van der Waals surface area (Å²) in [5, 5.41) is 3.97. The van der Waals surface area contributed by atoms with Gasteiger partial charge in [0.15, 0.2) is 9.84 Å². The van der Waals surface area contributed by atoms with Gasteiger partial charge in [0.1, 0.15) is 5.82 Å². The maximum atomic E-state index is 13.0. The van der Waals surface area contributed by atoms with Crippen LogP contribution in [0.1, 0.15) is 0 Å². The summed E-state index contributed by atoms with van der Waals surface area (Å²) < 4.78 is 35.4. The zero-order chi connectivity index (χ0) is 12.6. The first-order valence-corrected chi connectivity index (χ1v) is 6.89. The predicted molar refractivity (Wildman–Crippen MR) is 66.2 cm³/mol. The monoisotopic (exact) mass is 276 g/mol. The molecule has 1 heterocycles. The molecule has 0 amide bonds. The Morgan fingerprint density at radius 2 is 2.18 bits per heavy atom. The van der Waals surface area contributed by atoms with Crippen LogP contribution < -0.4 is 11.1 Å². The molecule has 0 spiro atoms. The number of halogens is 2. The van der Waals surface area contributed by atoms with Crippen molar-refractivity contribution >= 4 is 32.8 Å². The Morgan fingerprint density at radius 1 is 1.47 bits per heavy atom. The first-order chi connectivity index (χ1) is 7.87. The van der Waals surface area contributed by atoms with Crippen molar-refractivity contribution in [3.63, 3.8) is 0 Å². The molecule has 0 saturated carbocycles. The third-order valence-corrected chi connectivity index (χ3v) is 4.05. The Balaban J connectivity index is 2.21. The first kappa shape index (κ1) is 12.2. The molecule has 1 aromatic rings. The third-order valence-electron chi connectivity index (χ3n) is 2.36. The fourth-order valence-electron chi connectivity index (χ4n) is 1.55. The van der Waals surface area contributed by atoms with Crippen molar-refractivity contribution < 1.29 is 12.8 Å². The van der Waals surface area contributed by atoms with Gasteiger partial charge in [-0.3, -0.25) is 0 Å². The van der Waals surface area contributed by atoms with Gasteiger partial charge in [-0.05, 0) is 6.07 Å². The predicted octanol–water partition coefficient (Wildman–Crippen LogP) is 1.78. The summed E-state index contributed by atoms with van der Waals surface area (Å²) in [7, 11) is -3.14. The quantitative estimate of drug-likeness (QED) is 0.808. The second kappa shape index (κ2) is 4.19. The van der Waals surface area contributed by atoms with Crippen LogP contribution in [0.25, 0.3) is 0 Å². The molecule has 1 aliphatic rings. The van der Waals surface area contributed by atoms with Crippen molar-refractivity contribution in [2.45, 2.75) is 6.04 Å². The van der Waals surface area contributed by atoms with E-state index in [4.69, 9.17) is 17.3 Å². The minimum Gasteiger partial charge on any atom is -0.397 e. The second-order valence-corrected chi connectivity index (χ2v) is 6.10. The maximum absolute atomic E-state index is 13.0. The van der Waals surface area contributed by atoms with Gasteiger partial charge in [0, 0.05) is 11.5 Å². The van der Waals surface area contributed by atoms with Crippen molar-refractivity contribution in [1.82, 2.24) is 0 Å². The lowest BCUT2D eigenvalue weighted by Gasteiger charge is -2.14. The summed E-state index contributed by atoms with van der Waals surface area (Å²) in [5.74, 6) is -0.647. The molecule has 0 saturated heterocycles. The lowest BCUT2D eigenvalue weighted by molar-refractivity contribution is 0.605. The number of nitrogen functional groups attached to an aromatic ring is 1. The summed E-state index contributed by atoms with van der Waals surface area (Å²) in [6.07, 6.45) is 1.52. The molecule has 1 atom stereocenters. The molecule has 0 aromatic heterocycles. The van der Waals surface area contributed by atoms with Gasteiger partial charge in [0.05, 0.1) is 28.2 Å². The molecule has 2 rings (SSSR count). The van der Waals surface area contributed by atoms with Gasteiger partial charge in [-0.25, -0.2) is 12.8 Å². The second-order valence-electron chi connectivity index (χ2n) is 3.76. The van der Waals surface area contributed by atoms with E-state index >= 15 is 0 Å². The van der Waals surface area contributed by atoms with Crippen LogP contribution in [0, 0.1) is 5.82 Å². The molecule has 7 heteroatoms. The maximum Gasteiger partial charge on any atom is 0.173 e. The van der Waals surface area contributed by atoms with Crippen LogP contribution in [0.2, 0.25) is 5.02 Å². The number of hydrogen-bond acceptors (Lipinski definition) is 4. The van der Waals surface area contributed by atoms with E-state index < -0.39 is 15.7 Å². The number of sulfone groups is 1. The highest BCUT2D eigenvalue weighted by molar-refractivity contribution is 7.94. The number of hydrogen-bond donors (Lipinski definition) is 2. The fraction of sp³-hybridized carbons (Fsp3) is 0.200. The highest BCUT2D eigenvalue weighted by atomic mass is 35.5. The van der Waals surface area contributed by atoms with Crippen molar-refractivity contribution in [2.24, 2.45) is 0 Å². The zero-order valence-corrected chi connectivity index (χ0v) is 10.2. The number of anilines is 2. The van der Waals surface area contributed by atoms with Gasteiger partial charge in [0.25, 0.3) is 0 Å². The lowest BCUT2D eigenvalue weighted by atomic mass is 10.2. The SMILES string of the molecule is Nc1cc(F)c(Cl)cc1NC1C=CS(=O)(=O)C1. The Kier molecular flexibility index (Phi) is 3.01. The van der Waals surface area contributed by atoms with Crippen LogP contribution in [0.3, 0.4) is 0 Å². The molecule has 0 fully saturated rings. The summed E-state index contributed by atoms with van der Waals surface area (Å²) >= 11 is 5.62. The molecule has 0 aliphatic carbocycles. The zero-order valence-electron chi connectivity index (χ0n) is 8.65. The largest absolute Gasteiger partial charge is 0.397 e. The van der Waals surface area contributed by atoms with Crippen molar-refractivity contribution in [3.05, 3.63) is 34.5 Å². The number of nitrogens with one attached hydrogen (secondary N) is 1. The van der Waals surface area contributed by atoms with Crippen molar-refractivity contribution in [2.75, 3.05) is 16.8 Å². The molecule has 0 radical (unpaired) electrons. The van der Waals surface area contributed by atoms with Gasteiger partial charge in [-0.2, -0.15) is 0 Å². The molecule has 1 unspecified atom stereocenters. The molecular weight excluding hydrogens is 267 g/mol. The molecule has 0 bridgehead atoms. The molecule has 3 N–H and O–H groups in total. The Labute approximate surface area is 103 Å². The molecule has 1 aliphatic heterocycles. The standard InChI is InChI=1S/C10H10ClFN2O2S/c11-7-3-10(9(13)4-8(7)12)14-6-1-2-17(15,16)5-6/h1-4,6,14H,5,13H2. The fourth-order valence-corrected chi connectivity index (χ4v) is 2.95. The third kappa shape index (κ3) is 2.70. The highest BCUT2D eigenvalue weighted by Crippen LogP contribution is 2.27. The van der Waals surface area contributed by atoms with Crippen molar-refractivity contribution in [1.29, 1.82) is 0 Å². The Bertz CT molecular complexity index is 586. The highest BCUT2D eigenvalue weighted by Gasteiger charge is 2.22. The summed E-state index contributed by atoms with van der Waals surface area (Å²) in [6.45, 7) is 0. The van der Waals surface area contributed by atoms with E-state index in [2.05, 4.69) is 5.32 Å².